The molecular formula is C13H13BrN2O3. The van der Waals surface area contributed by atoms with E-state index in [4.69, 9.17) is 10.5 Å². The van der Waals surface area contributed by atoms with Crippen LogP contribution in [0.25, 0.3) is 10.9 Å². The van der Waals surface area contributed by atoms with Crippen LogP contribution in [0.5, 0.6) is 0 Å². The minimum atomic E-state index is -0.595. The molecule has 0 unspecified atom stereocenters. The van der Waals surface area contributed by atoms with E-state index in [1.807, 2.05) is 0 Å². The molecule has 0 amide bonds. The highest BCUT2D eigenvalue weighted by molar-refractivity contribution is 9.10. The number of halogens is 1. The van der Waals surface area contributed by atoms with E-state index in [9.17, 15) is 9.59 Å². The largest absolute Gasteiger partial charge is 0.461 e. The molecule has 1 aromatic carbocycles. The number of aromatic nitrogens is 1. The lowest BCUT2D eigenvalue weighted by Crippen LogP contribution is -2.17. The molecule has 0 spiro atoms. The summed E-state index contributed by atoms with van der Waals surface area (Å²) in [6.07, 6.45) is 0. The normalized spacial score (nSPS) is 10.7. The van der Waals surface area contributed by atoms with E-state index in [0.29, 0.717) is 10.9 Å². The SMILES string of the molecule is CCOC(=O)c1c(N)c2ccc(Br)cc2n1C(C)=O. The van der Waals surface area contributed by atoms with E-state index in [1.165, 1.54) is 11.5 Å². The summed E-state index contributed by atoms with van der Waals surface area (Å²) in [7, 11) is 0. The second-order valence-corrected chi connectivity index (χ2v) is 4.91. The van der Waals surface area contributed by atoms with Gasteiger partial charge in [-0.3, -0.25) is 9.36 Å². The molecule has 0 saturated carbocycles. The van der Waals surface area contributed by atoms with E-state index >= 15 is 0 Å². The second kappa shape index (κ2) is 5.05. The Labute approximate surface area is 118 Å². The van der Waals surface area contributed by atoms with Crippen LogP contribution in [0, 0.1) is 0 Å². The van der Waals surface area contributed by atoms with Gasteiger partial charge in [-0.05, 0) is 25.1 Å². The Hall–Kier alpha value is -1.82. The minimum absolute atomic E-state index is 0.0856. The maximum Gasteiger partial charge on any atom is 0.357 e. The Morgan fingerprint density at radius 3 is 2.68 bits per heavy atom. The van der Waals surface area contributed by atoms with Gasteiger partial charge >= 0.3 is 5.97 Å². The lowest BCUT2D eigenvalue weighted by atomic mass is 10.2. The molecule has 0 aliphatic rings. The van der Waals surface area contributed by atoms with Gasteiger partial charge in [0.05, 0.1) is 17.8 Å². The van der Waals surface area contributed by atoms with Gasteiger partial charge in [-0.2, -0.15) is 0 Å². The zero-order chi connectivity index (χ0) is 14.2. The van der Waals surface area contributed by atoms with Crippen LogP contribution in [-0.2, 0) is 4.74 Å². The predicted octanol–water partition coefficient (Wildman–Crippen LogP) is 2.82. The highest BCUT2D eigenvalue weighted by Crippen LogP contribution is 2.31. The molecule has 0 radical (unpaired) electrons. The van der Waals surface area contributed by atoms with Crippen LogP contribution in [0.4, 0.5) is 5.69 Å². The number of rotatable bonds is 2. The van der Waals surface area contributed by atoms with E-state index in [-0.39, 0.29) is 23.9 Å². The van der Waals surface area contributed by atoms with E-state index in [2.05, 4.69) is 15.9 Å². The van der Waals surface area contributed by atoms with Crippen molar-refractivity contribution >= 4 is 44.4 Å². The highest BCUT2D eigenvalue weighted by Gasteiger charge is 2.24. The number of nitrogen functional groups attached to an aromatic ring is 1. The van der Waals surface area contributed by atoms with Crippen LogP contribution in [-0.4, -0.2) is 23.1 Å². The molecule has 1 aromatic heterocycles. The second-order valence-electron chi connectivity index (χ2n) is 4.00. The van der Waals surface area contributed by atoms with Gasteiger partial charge in [0.15, 0.2) is 5.69 Å². The molecule has 0 bridgehead atoms. The van der Waals surface area contributed by atoms with Crippen LogP contribution in [0.2, 0.25) is 0 Å². The monoisotopic (exact) mass is 324 g/mol. The standard InChI is InChI=1S/C13H13BrN2O3/c1-3-19-13(18)12-11(15)9-5-4-8(14)6-10(9)16(12)7(2)17/h4-6H,3,15H2,1-2H3. The predicted molar refractivity (Wildman–Crippen MR) is 76.3 cm³/mol. The Morgan fingerprint density at radius 1 is 1.42 bits per heavy atom. The summed E-state index contributed by atoms with van der Waals surface area (Å²) in [4.78, 5) is 23.8. The van der Waals surface area contributed by atoms with E-state index in [1.54, 1.807) is 25.1 Å². The van der Waals surface area contributed by atoms with Gasteiger partial charge in [0.1, 0.15) is 0 Å². The summed E-state index contributed by atoms with van der Waals surface area (Å²) in [5, 5.41) is 0.654. The van der Waals surface area contributed by atoms with Crippen LogP contribution < -0.4 is 5.73 Å². The van der Waals surface area contributed by atoms with Crippen molar-refractivity contribution in [3.05, 3.63) is 28.4 Å². The van der Waals surface area contributed by atoms with Gasteiger partial charge in [-0.15, -0.1) is 0 Å². The lowest BCUT2D eigenvalue weighted by Gasteiger charge is -2.06. The lowest BCUT2D eigenvalue weighted by molar-refractivity contribution is 0.0511. The number of benzene rings is 1. The molecule has 100 valence electrons. The molecule has 0 aliphatic carbocycles. The molecule has 2 rings (SSSR count). The highest BCUT2D eigenvalue weighted by atomic mass is 79.9. The van der Waals surface area contributed by atoms with Gasteiger partial charge < -0.3 is 10.5 Å². The van der Waals surface area contributed by atoms with Gasteiger partial charge in [-0.25, -0.2) is 4.79 Å². The number of fused-ring (bicyclic) bond motifs is 1. The average molecular weight is 325 g/mol. The summed E-state index contributed by atoms with van der Waals surface area (Å²) in [5.74, 6) is -0.884. The number of esters is 1. The van der Waals surface area contributed by atoms with Crippen LogP contribution in [0.15, 0.2) is 22.7 Å². The van der Waals surface area contributed by atoms with Crippen LogP contribution in [0.1, 0.15) is 29.1 Å². The third kappa shape index (κ3) is 2.23. The number of anilines is 1. The third-order valence-corrected chi connectivity index (χ3v) is 3.25. The summed E-state index contributed by atoms with van der Waals surface area (Å²) >= 11 is 3.34. The number of carbonyl (C=O) groups excluding carboxylic acids is 2. The van der Waals surface area contributed by atoms with Crippen molar-refractivity contribution in [2.45, 2.75) is 13.8 Å². The van der Waals surface area contributed by atoms with Gasteiger partial charge in [0.25, 0.3) is 0 Å². The fourth-order valence-corrected chi connectivity index (χ4v) is 2.36. The van der Waals surface area contributed by atoms with Crippen molar-refractivity contribution in [1.29, 1.82) is 0 Å². The molecule has 0 aliphatic heterocycles. The number of carbonyl (C=O) groups is 2. The number of nitrogens with zero attached hydrogens (tertiary/aromatic N) is 1. The van der Waals surface area contributed by atoms with Gasteiger partial charge in [0, 0.05) is 16.8 Å². The average Bonchev–Trinajstić information content (AvgIpc) is 2.62. The molecule has 5 nitrogen and oxygen atoms in total. The Kier molecular flexibility index (Phi) is 3.61. The smallest absolute Gasteiger partial charge is 0.357 e. The molecular weight excluding hydrogens is 312 g/mol. The topological polar surface area (TPSA) is 74.3 Å². The van der Waals surface area contributed by atoms with Crippen LogP contribution >= 0.6 is 15.9 Å². The van der Waals surface area contributed by atoms with Gasteiger partial charge in [0.2, 0.25) is 5.91 Å². The molecule has 2 N–H and O–H groups in total. The molecule has 6 heteroatoms. The van der Waals surface area contributed by atoms with Crippen molar-refractivity contribution in [3.63, 3.8) is 0 Å². The first-order chi connectivity index (χ1) is 8.97. The fraction of sp³-hybridized carbons (Fsp3) is 0.231. The summed E-state index contributed by atoms with van der Waals surface area (Å²) < 4.78 is 7.04. The Morgan fingerprint density at radius 2 is 2.11 bits per heavy atom. The molecule has 0 fully saturated rings. The zero-order valence-electron chi connectivity index (χ0n) is 10.6. The summed E-state index contributed by atoms with van der Waals surface area (Å²) in [6, 6.07) is 5.31. The van der Waals surface area contributed by atoms with E-state index < -0.39 is 5.97 Å². The fourth-order valence-electron chi connectivity index (χ4n) is 2.01. The number of ether oxygens (including phenoxy) is 1. The number of hydrogen-bond acceptors (Lipinski definition) is 4. The first-order valence-corrected chi connectivity index (χ1v) is 6.54. The Balaban J connectivity index is 2.82. The maximum absolute atomic E-state index is 12.0. The van der Waals surface area contributed by atoms with Crippen molar-refractivity contribution in [3.8, 4) is 0 Å². The Bertz CT molecular complexity index is 676. The third-order valence-electron chi connectivity index (χ3n) is 2.75. The van der Waals surface area contributed by atoms with Crippen LogP contribution in [0.3, 0.4) is 0 Å². The maximum atomic E-state index is 12.0. The minimum Gasteiger partial charge on any atom is -0.461 e. The first kappa shape index (κ1) is 13.6. The quantitative estimate of drug-likeness (QED) is 0.862. The molecule has 0 atom stereocenters. The van der Waals surface area contributed by atoms with Gasteiger partial charge in [-0.1, -0.05) is 15.9 Å². The van der Waals surface area contributed by atoms with Crippen molar-refractivity contribution in [2.75, 3.05) is 12.3 Å². The summed E-state index contributed by atoms with van der Waals surface area (Å²) in [5.41, 5.74) is 6.90. The van der Waals surface area contributed by atoms with Crippen molar-refractivity contribution in [1.82, 2.24) is 4.57 Å². The number of hydrogen-bond donors (Lipinski definition) is 1. The molecule has 2 aromatic rings. The molecule has 1 heterocycles. The van der Waals surface area contributed by atoms with E-state index in [0.717, 1.165) is 4.47 Å². The van der Waals surface area contributed by atoms with Crippen molar-refractivity contribution in [2.24, 2.45) is 0 Å². The zero-order valence-corrected chi connectivity index (χ0v) is 12.2. The molecule has 0 saturated heterocycles. The van der Waals surface area contributed by atoms with Crippen molar-refractivity contribution < 1.29 is 14.3 Å². The first-order valence-electron chi connectivity index (χ1n) is 5.74. The summed E-state index contributed by atoms with van der Waals surface area (Å²) in [6.45, 7) is 3.30. The molecule has 19 heavy (non-hydrogen) atoms. The number of nitrogens with two attached hydrogens (primary N) is 1.